The summed E-state index contributed by atoms with van der Waals surface area (Å²) in [4.78, 5) is 28.9. The molecule has 4 nitrogen and oxygen atoms in total. The lowest BCUT2D eigenvalue weighted by atomic mass is 9.99. The molecule has 0 aliphatic carbocycles. The van der Waals surface area contributed by atoms with Gasteiger partial charge < -0.3 is 10.2 Å². The maximum Gasteiger partial charge on any atom is 0.243 e. The van der Waals surface area contributed by atoms with Crippen LogP contribution >= 0.6 is 0 Å². The summed E-state index contributed by atoms with van der Waals surface area (Å²) < 4.78 is 13.6. The van der Waals surface area contributed by atoms with Gasteiger partial charge in [-0.2, -0.15) is 0 Å². The second-order valence-electron chi connectivity index (χ2n) is 10.1. The van der Waals surface area contributed by atoms with Gasteiger partial charge in [0.15, 0.2) is 0 Å². The molecule has 0 unspecified atom stereocenters. The molecule has 0 bridgehead atoms. The third kappa shape index (κ3) is 8.56. The van der Waals surface area contributed by atoms with Gasteiger partial charge in [-0.1, -0.05) is 87.5 Å². The van der Waals surface area contributed by atoms with Crippen molar-refractivity contribution in [2.24, 2.45) is 0 Å². The van der Waals surface area contributed by atoms with E-state index in [-0.39, 0.29) is 36.6 Å². The summed E-state index contributed by atoms with van der Waals surface area (Å²) in [5.41, 5.74) is 4.11. The number of hydrogen-bond acceptors (Lipinski definition) is 2. The van der Waals surface area contributed by atoms with E-state index in [9.17, 15) is 14.0 Å². The molecule has 1 N–H and O–H groups in total. The Morgan fingerprint density at radius 3 is 2.05 bits per heavy atom. The predicted molar refractivity (Wildman–Crippen MR) is 148 cm³/mol. The molecule has 3 aromatic rings. The van der Waals surface area contributed by atoms with Crippen LogP contribution < -0.4 is 5.32 Å². The van der Waals surface area contributed by atoms with Crippen molar-refractivity contribution in [2.75, 3.05) is 0 Å². The SMILES string of the molecule is CC[C@@H](C)NC(=O)[C@@H](Cc1ccccc1)N(Cc1ccc(F)cc1)C(=O)CCc1ccc(C(C)C)cc1. The Morgan fingerprint density at radius 1 is 0.838 bits per heavy atom. The molecule has 3 aromatic carbocycles. The van der Waals surface area contributed by atoms with Gasteiger partial charge in [0.25, 0.3) is 0 Å². The number of hydrogen-bond donors (Lipinski definition) is 1. The quantitative estimate of drug-likeness (QED) is 0.310. The zero-order chi connectivity index (χ0) is 26.8. The van der Waals surface area contributed by atoms with E-state index in [1.165, 1.54) is 17.7 Å². The van der Waals surface area contributed by atoms with Crippen molar-refractivity contribution < 1.29 is 14.0 Å². The number of amides is 2. The van der Waals surface area contributed by atoms with Crippen LogP contribution in [0.4, 0.5) is 4.39 Å². The minimum Gasteiger partial charge on any atom is -0.352 e. The van der Waals surface area contributed by atoms with E-state index < -0.39 is 6.04 Å². The highest BCUT2D eigenvalue weighted by Crippen LogP contribution is 2.19. The smallest absolute Gasteiger partial charge is 0.243 e. The third-order valence-electron chi connectivity index (χ3n) is 6.81. The summed E-state index contributed by atoms with van der Waals surface area (Å²) in [5, 5.41) is 3.08. The normalized spacial score (nSPS) is 12.7. The topological polar surface area (TPSA) is 49.4 Å². The van der Waals surface area contributed by atoms with Gasteiger partial charge in [0.05, 0.1) is 0 Å². The molecule has 2 amide bonds. The number of nitrogens with zero attached hydrogens (tertiary/aromatic N) is 1. The molecule has 0 aliphatic heterocycles. The molecule has 196 valence electrons. The first-order chi connectivity index (χ1) is 17.8. The average Bonchev–Trinajstić information content (AvgIpc) is 2.91. The van der Waals surface area contributed by atoms with Crippen LogP contribution in [0.15, 0.2) is 78.9 Å². The van der Waals surface area contributed by atoms with Crippen molar-refractivity contribution in [3.63, 3.8) is 0 Å². The molecule has 0 radical (unpaired) electrons. The first-order valence-electron chi connectivity index (χ1n) is 13.2. The molecule has 0 fully saturated rings. The van der Waals surface area contributed by atoms with Crippen molar-refractivity contribution in [2.45, 2.75) is 77.9 Å². The van der Waals surface area contributed by atoms with Gasteiger partial charge >= 0.3 is 0 Å². The highest BCUT2D eigenvalue weighted by molar-refractivity contribution is 5.88. The molecule has 0 heterocycles. The number of rotatable bonds is 12. The second kappa shape index (κ2) is 13.7. The standard InChI is InChI=1S/C32H39FN2O2/c1-5-24(4)34-32(37)30(21-26-9-7-6-8-10-26)35(22-27-13-18-29(33)19-14-27)31(36)20-15-25-11-16-28(17-12-25)23(2)3/h6-14,16-19,23-24,30H,5,15,20-22H2,1-4H3,(H,34,37)/t24-,30-/m1/s1. The first kappa shape index (κ1) is 28.1. The van der Waals surface area contributed by atoms with E-state index in [4.69, 9.17) is 0 Å². The van der Waals surface area contributed by atoms with E-state index in [0.29, 0.717) is 18.8 Å². The predicted octanol–water partition coefficient (Wildman–Crippen LogP) is 6.44. The fourth-order valence-electron chi connectivity index (χ4n) is 4.25. The van der Waals surface area contributed by atoms with E-state index in [1.807, 2.05) is 44.2 Å². The molecule has 0 aliphatic rings. The van der Waals surface area contributed by atoms with Gasteiger partial charge in [-0.05, 0) is 60.1 Å². The largest absolute Gasteiger partial charge is 0.352 e. The van der Waals surface area contributed by atoms with E-state index in [2.05, 4.69) is 43.4 Å². The number of halogens is 1. The molecule has 37 heavy (non-hydrogen) atoms. The highest BCUT2D eigenvalue weighted by atomic mass is 19.1. The summed E-state index contributed by atoms with van der Waals surface area (Å²) >= 11 is 0. The summed E-state index contributed by atoms with van der Waals surface area (Å²) in [6.45, 7) is 8.52. The summed E-state index contributed by atoms with van der Waals surface area (Å²) in [7, 11) is 0. The van der Waals surface area contributed by atoms with Gasteiger partial charge in [-0.3, -0.25) is 9.59 Å². The zero-order valence-electron chi connectivity index (χ0n) is 22.4. The maximum absolute atomic E-state index is 13.7. The molecule has 0 aromatic heterocycles. The zero-order valence-corrected chi connectivity index (χ0v) is 22.4. The van der Waals surface area contributed by atoms with Crippen molar-refractivity contribution in [1.82, 2.24) is 10.2 Å². The Morgan fingerprint density at radius 2 is 1.46 bits per heavy atom. The van der Waals surface area contributed by atoms with Crippen LogP contribution in [0.25, 0.3) is 0 Å². The summed E-state index contributed by atoms with van der Waals surface area (Å²) in [5.74, 6) is -0.154. The number of carbonyl (C=O) groups excluding carboxylic acids is 2. The van der Waals surface area contributed by atoms with Crippen molar-refractivity contribution in [1.29, 1.82) is 0 Å². The van der Waals surface area contributed by atoms with E-state index in [0.717, 1.165) is 23.1 Å². The van der Waals surface area contributed by atoms with Gasteiger partial charge in [-0.25, -0.2) is 4.39 Å². The first-order valence-corrected chi connectivity index (χ1v) is 13.2. The molecule has 2 atom stereocenters. The lowest BCUT2D eigenvalue weighted by molar-refractivity contribution is -0.141. The van der Waals surface area contributed by atoms with E-state index >= 15 is 0 Å². The molecule has 3 rings (SSSR count). The maximum atomic E-state index is 13.7. The fraction of sp³-hybridized carbons (Fsp3) is 0.375. The second-order valence-corrected chi connectivity index (χ2v) is 10.1. The van der Waals surface area contributed by atoms with Crippen molar-refractivity contribution in [3.05, 3.63) is 107 Å². The van der Waals surface area contributed by atoms with Crippen LogP contribution in [0.3, 0.4) is 0 Å². The minimum atomic E-state index is -0.683. The lowest BCUT2D eigenvalue weighted by Gasteiger charge is -2.32. The fourth-order valence-corrected chi connectivity index (χ4v) is 4.25. The summed E-state index contributed by atoms with van der Waals surface area (Å²) in [6.07, 6.45) is 2.06. The van der Waals surface area contributed by atoms with Crippen LogP contribution in [0.1, 0.15) is 68.7 Å². The highest BCUT2D eigenvalue weighted by Gasteiger charge is 2.30. The number of carbonyl (C=O) groups is 2. The molecule has 0 spiro atoms. The third-order valence-corrected chi connectivity index (χ3v) is 6.81. The average molecular weight is 503 g/mol. The van der Waals surface area contributed by atoms with Gasteiger partial charge in [0.2, 0.25) is 11.8 Å². The van der Waals surface area contributed by atoms with Crippen LogP contribution in [-0.2, 0) is 29.0 Å². The summed E-state index contributed by atoms with van der Waals surface area (Å²) in [6, 6.07) is 23.6. The Bertz CT molecular complexity index is 1130. The minimum absolute atomic E-state index is 0.00646. The number of nitrogens with one attached hydrogen (secondary N) is 1. The van der Waals surface area contributed by atoms with Crippen molar-refractivity contribution in [3.8, 4) is 0 Å². The van der Waals surface area contributed by atoms with Crippen LogP contribution in [0.5, 0.6) is 0 Å². The Labute approximate surface area is 220 Å². The van der Waals surface area contributed by atoms with Crippen LogP contribution in [0, 0.1) is 5.82 Å². The molecular formula is C32H39FN2O2. The Balaban J connectivity index is 1.88. The number of benzene rings is 3. The Kier molecular flexibility index (Phi) is 10.4. The number of aryl methyl sites for hydroxylation is 1. The van der Waals surface area contributed by atoms with Crippen LogP contribution in [-0.4, -0.2) is 28.8 Å². The van der Waals surface area contributed by atoms with Gasteiger partial charge in [0, 0.05) is 25.4 Å². The van der Waals surface area contributed by atoms with Gasteiger partial charge in [-0.15, -0.1) is 0 Å². The van der Waals surface area contributed by atoms with E-state index in [1.54, 1.807) is 17.0 Å². The van der Waals surface area contributed by atoms with Gasteiger partial charge in [0.1, 0.15) is 11.9 Å². The molecule has 0 saturated carbocycles. The van der Waals surface area contributed by atoms with Crippen LogP contribution in [0.2, 0.25) is 0 Å². The molecule has 0 saturated heterocycles. The lowest BCUT2D eigenvalue weighted by Crippen LogP contribution is -2.52. The molecular weight excluding hydrogens is 463 g/mol. The molecule has 5 heteroatoms. The Hall–Kier alpha value is -3.47. The monoisotopic (exact) mass is 502 g/mol. The van der Waals surface area contributed by atoms with Crippen molar-refractivity contribution >= 4 is 11.8 Å².